The van der Waals surface area contributed by atoms with E-state index in [1.807, 2.05) is 0 Å². The van der Waals surface area contributed by atoms with Gasteiger partial charge in [0.15, 0.2) is 0 Å². The van der Waals surface area contributed by atoms with Crippen molar-refractivity contribution in [3.05, 3.63) is 24.0 Å². The van der Waals surface area contributed by atoms with Crippen molar-refractivity contribution in [2.24, 2.45) is 0 Å². The fraction of sp³-hybridized carbons (Fsp3) is 0.417. The van der Waals surface area contributed by atoms with Crippen LogP contribution in [0.5, 0.6) is 0 Å². The van der Waals surface area contributed by atoms with E-state index in [-0.39, 0.29) is 18.2 Å². The molecule has 0 aliphatic carbocycles. The Labute approximate surface area is 116 Å². The number of carboxylic acids is 1. The first kappa shape index (κ1) is 15.9. The average molecular weight is 283 g/mol. The van der Waals surface area contributed by atoms with E-state index in [4.69, 9.17) is 14.6 Å². The van der Waals surface area contributed by atoms with Gasteiger partial charge in [-0.2, -0.15) is 0 Å². The maximum absolute atomic E-state index is 11.6. The van der Waals surface area contributed by atoms with E-state index in [1.54, 1.807) is 0 Å². The van der Waals surface area contributed by atoms with Crippen molar-refractivity contribution in [3.63, 3.8) is 0 Å². The van der Waals surface area contributed by atoms with Crippen molar-refractivity contribution in [1.82, 2.24) is 10.3 Å². The van der Waals surface area contributed by atoms with Crippen LogP contribution in [0.1, 0.15) is 10.4 Å². The van der Waals surface area contributed by atoms with E-state index >= 15 is 0 Å². The van der Waals surface area contributed by atoms with E-state index < -0.39 is 12.0 Å². The van der Waals surface area contributed by atoms with E-state index in [2.05, 4.69) is 15.6 Å². The number of ether oxygens (including phenoxy) is 2. The van der Waals surface area contributed by atoms with Crippen molar-refractivity contribution in [2.75, 3.05) is 32.7 Å². The summed E-state index contributed by atoms with van der Waals surface area (Å²) >= 11 is 0. The highest BCUT2D eigenvalue weighted by Crippen LogP contribution is 2.08. The van der Waals surface area contributed by atoms with Gasteiger partial charge in [0, 0.05) is 27.0 Å². The molecule has 8 heteroatoms. The Balaban J connectivity index is 2.49. The molecule has 0 saturated heterocycles. The fourth-order valence-corrected chi connectivity index (χ4v) is 1.40. The van der Waals surface area contributed by atoms with Gasteiger partial charge in [-0.1, -0.05) is 0 Å². The van der Waals surface area contributed by atoms with Crippen LogP contribution in [0.2, 0.25) is 0 Å². The van der Waals surface area contributed by atoms with Crippen LogP contribution in [0, 0.1) is 0 Å². The van der Waals surface area contributed by atoms with Crippen LogP contribution in [0.15, 0.2) is 18.5 Å². The van der Waals surface area contributed by atoms with Gasteiger partial charge in [0.05, 0.1) is 30.2 Å². The predicted octanol–water partition coefficient (Wildman–Crippen LogP) is 0.563. The van der Waals surface area contributed by atoms with Gasteiger partial charge in [0.1, 0.15) is 0 Å². The molecule has 0 aromatic carbocycles. The third-order valence-corrected chi connectivity index (χ3v) is 2.42. The summed E-state index contributed by atoms with van der Waals surface area (Å²) in [7, 11) is 3.05. The second-order valence-corrected chi connectivity index (χ2v) is 3.92. The Hall–Kier alpha value is -2.19. The Morgan fingerprint density at radius 3 is 2.75 bits per heavy atom. The number of nitrogens with zero attached hydrogens (tertiary/aromatic N) is 1. The smallest absolute Gasteiger partial charge is 0.337 e. The van der Waals surface area contributed by atoms with Gasteiger partial charge in [0.25, 0.3) is 0 Å². The molecule has 1 unspecified atom stereocenters. The number of methoxy groups -OCH3 is 2. The molecule has 1 heterocycles. The standard InChI is InChI=1S/C12H17N3O5/c1-19-7-10(20-2)6-14-12(18)15-9-3-8(11(16)17)4-13-5-9/h3-5,10H,6-7H2,1-2H3,(H,16,17)(H2,14,15,18). The molecular formula is C12H17N3O5. The van der Waals surface area contributed by atoms with Crippen LogP contribution in [-0.4, -0.2) is 55.6 Å². The highest BCUT2D eigenvalue weighted by atomic mass is 16.5. The molecule has 20 heavy (non-hydrogen) atoms. The van der Waals surface area contributed by atoms with Crippen LogP contribution in [0.4, 0.5) is 10.5 Å². The maximum atomic E-state index is 11.6. The summed E-state index contributed by atoms with van der Waals surface area (Å²) in [6.07, 6.45) is 2.30. The van der Waals surface area contributed by atoms with Crippen molar-refractivity contribution >= 4 is 17.7 Å². The quantitative estimate of drug-likeness (QED) is 0.674. The monoisotopic (exact) mass is 283 g/mol. The lowest BCUT2D eigenvalue weighted by molar-refractivity contribution is 0.0307. The summed E-state index contributed by atoms with van der Waals surface area (Å²) in [5.41, 5.74) is 0.292. The molecule has 0 spiro atoms. The summed E-state index contributed by atoms with van der Waals surface area (Å²) in [6, 6.07) is 0.838. The normalized spacial score (nSPS) is 11.7. The van der Waals surface area contributed by atoms with E-state index in [1.165, 1.54) is 32.7 Å². The highest BCUT2D eigenvalue weighted by molar-refractivity contribution is 5.92. The molecule has 0 bridgehead atoms. The molecule has 8 nitrogen and oxygen atoms in total. The topological polar surface area (TPSA) is 110 Å². The molecule has 0 saturated carbocycles. The molecule has 1 rings (SSSR count). The van der Waals surface area contributed by atoms with E-state index in [9.17, 15) is 9.59 Å². The number of carboxylic acid groups (broad SMARTS) is 1. The van der Waals surface area contributed by atoms with Gasteiger partial charge in [-0.05, 0) is 6.07 Å². The maximum Gasteiger partial charge on any atom is 0.337 e. The Morgan fingerprint density at radius 2 is 2.15 bits per heavy atom. The zero-order valence-corrected chi connectivity index (χ0v) is 11.3. The number of rotatable bonds is 7. The first-order valence-electron chi connectivity index (χ1n) is 5.81. The van der Waals surface area contributed by atoms with Crippen molar-refractivity contribution in [1.29, 1.82) is 0 Å². The minimum absolute atomic E-state index is 0.00282. The fourth-order valence-electron chi connectivity index (χ4n) is 1.40. The molecule has 0 aliphatic heterocycles. The Morgan fingerprint density at radius 1 is 1.40 bits per heavy atom. The molecule has 1 aromatic rings. The predicted molar refractivity (Wildman–Crippen MR) is 70.9 cm³/mol. The van der Waals surface area contributed by atoms with Crippen LogP contribution >= 0.6 is 0 Å². The van der Waals surface area contributed by atoms with Crippen molar-refractivity contribution in [2.45, 2.75) is 6.10 Å². The molecule has 1 aromatic heterocycles. The summed E-state index contributed by atoms with van der Waals surface area (Å²) < 4.78 is 10.00. The SMILES string of the molecule is COCC(CNC(=O)Nc1cncc(C(=O)O)c1)OC. The molecule has 110 valence electrons. The first-order valence-corrected chi connectivity index (χ1v) is 5.81. The number of carbonyl (C=O) groups is 2. The minimum Gasteiger partial charge on any atom is -0.478 e. The van der Waals surface area contributed by atoms with E-state index in [0.29, 0.717) is 12.3 Å². The molecule has 0 radical (unpaired) electrons. The zero-order chi connectivity index (χ0) is 15.0. The lowest BCUT2D eigenvalue weighted by Crippen LogP contribution is -2.38. The molecule has 0 fully saturated rings. The second-order valence-electron chi connectivity index (χ2n) is 3.92. The Bertz CT molecular complexity index is 466. The molecule has 3 N–H and O–H groups in total. The third kappa shape index (κ3) is 5.21. The summed E-state index contributed by atoms with van der Waals surface area (Å²) in [4.78, 5) is 26.1. The number of aromatic carboxylic acids is 1. The number of carbonyl (C=O) groups excluding carboxylic acids is 1. The number of hydrogen-bond acceptors (Lipinski definition) is 5. The first-order chi connectivity index (χ1) is 9.56. The Kier molecular flexibility index (Phi) is 6.41. The van der Waals surface area contributed by atoms with Crippen LogP contribution in [0.3, 0.4) is 0 Å². The number of pyridine rings is 1. The molecule has 2 amide bonds. The second kappa shape index (κ2) is 8.08. The van der Waals surface area contributed by atoms with Gasteiger partial charge in [-0.25, -0.2) is 9.59 Å². The number of amides is 2. The van der Waals surface area contributed by atoms with E-state index in [0.717, 1.165) is 0 Å². The van der Waals surface area contributed by atoms with Crippen LogP contribution in [0.25, 0.3) is 0 Å². The minimum atomic E-state index is -1.11. The van der Waals surface area contributed by atoms with Crippen molar-refractivity contribution < 1.29 is 24.2 Å². The average Bonchev–Trinajstić information content (AvgIpc) is 2.43. The lowest BCUT2D eigenvalue weighted by atomic mass is 10.2. The number of hydrogen-bond donors (Lipinski definition) is 3. The lowest BCUT2D eigenvalue weighted by Gasteiger charge is -2.15. The van der Waals surface area contributed by atoms with Gasteiger partial charge in [-0.15, -0.1) is 0 Å². The third-order valence-electron chi connectivity index (χ3n) is 2.42. The van der Waals surface area contributed by atoms with Gasteiger partial charge >= 0.3 is 12.0 Å². The number of anilines is 1. The molecule has 1 atom stereocenters. The van der Waals surface area contributed by atoms with Gasteiger partial charge in [0.2, 0.25) is 0 Å². The van der Waals surface area contributed by atoms with Crippen LogP contribution in [-0.2, 0) is 9.47 Å². The van der Waals surface area contributed by atoms with Crippen molar-refractivity contribution in [3.8, 4) is 0 Å². The summed E-state index contributed by atoms with van der Waals surface area (Å²) in [5, 5.41) is 13.9. The van der Waals surface area contributed by atoms with Gasteiger partial charge in [-0.3, -0.25) is 4.98 Å². The van der Waals surface area contributed by atoms with Gasteiger partial charge < -0.3 is 25.2 Å². The van der Waals surface area contributed by atoms with Crippen LogP contribution < -0.4 is 10.6 Å². The largest absolute Gasteiger partial charge is 0.478 e. The molecule has 0 aliphatic rings. The summed E-state index contributed by atoms with van der Waals surface area (Å²) in [5.74, 6) is -1.11. The highest BCUT2D eigenvalue weighted by Gasteiger charge is 2.10. The molecular weight excluding hydrogens is 266 g/mol. The number of urea groups is 1. The zero-order valence-electron chi connectivity index (χ0n) is 11.3. The summed E-state index contributed by atoms with van der Waals surface area (Å²) in [6.45, 7) is 0.620. The number of aromatic nitrogens is 1. The number of nitrogens with one attached hydrogen (secondary N) is 2.